The predicted molar refractivity (Wildman–Crippen MR) is 86.1 cm³/mol. The molecule has 0 atom stereocenters. The first kappa shape index (κ1) is 14.6. The summed E-state index contributed by atoms with van der Waals surface area (Å²) in [5.41, 5.74) is 0.883. The Hall–Kier alpha value is -1.30. The van der Waals surface area contributed by atoms with Gasteiger partial charge in [-0.05, 0) is 38.1 Å². The van der Waals surface area contributed by atoms with E-state index >= 15 is 0 Å². The Bertz CT molecular complexity index is 620. The van der Waals surface area contributed by atoms with Gasteiger partial charge in [0.25, 0.3) is 0 Å². The number of anilines is 1. The molecular formula is C14H17Cl2N5. The summed E-state index contributed by atoms with van der Waals surface area (Å²) in [7, 11) is 2.01. The monoisotopic (exact) mass is 325 g/mol. The molecule has 0 radical (unpaired) electrons. The van der Waals surface area contributed by atoms with Crippen LogP contribution in [0.5, 0.6) is 0 Å². The lowest BCUT2D eigenvalue weighted by Gasteiger charge is -2.30. The second-order valence-electron chi connectivity index (χ2n) is 5.16. The highest BCUT2D eigenvalue weighted by atomic mass is 35.5. The minimum absolute atomic E-state index is 0.516. The van der Waals surface area contributed by atoms with Gasteiger partial charge in [0.05, 0.1) is 10.0 Å². The summed E-state index contributed by atoms with van der Waals surface area (Å²) < 4.78 is 0. The molecule has 1 aliphatic rings. The van der Waals surface area contributed by atoms with Crippen LogP contribution in [-0.2, 0) is 0 Å². The largest absolute Gasteiger partial charge is 0.339 e. The van der Waals surface area contributed by atoms with E-state index in [2.05, 4.69) is 25.4 Å². The molecule has 0 amide bonds. The molecule has 5 nitrogen and oxygen atoms in total. The molecule has 0 spiro atoms. The molecule has 1 fully saturated rings. The Morgan fingerprint density at radius 2 is 2.00 bits per heavy atom. The fourth-order valence-corrected chi connectivity index (χ4v) is 2.83. The van der Waals surface area contributed by atoms with Gasteiger partial charge in [-0.15, -0.1) is 5.10 Å². The smallest absolute Gasteiger partial charge is 0.245 e. The molecule has 21 heavy (non-hydrogen) atoms. The Labute approximate surface area is 133 Å². The summed E-state index contributed by atoms with van der Waals surface area (Å²) in [6, 6.07) is 6.03. The normalized spacial score (nSPS) is 16.4. The van der Waals surface area contributed by atoms with Crippen molar-refractivity contribution >= 4 is 29.2 Å². The Kier molecular flexibility index (Phi) is 4.33. The Balaban J connectivity index is 1.76. The van der Waals surface area contributed by atoms with E-state index in [-0.39, 0.29) is 0 Å². The first-order valence-electron chi connectivity index (χ1n) is 6.97. The summed E-state index contributed by atoms with van der Waals surface area (Å²) in [4.78, 5) is 6.76. The third-order valence-corrected chi connectivity index (χ3v) is 4.59. The summed E-state index contributed by atoms with van der Waals surface area (Å²) in [6.07, 6.45) is 2.21. The van der Waals surface area contributed by atoms with Crippen LogP contribution in [-0.4, -0.2) is 41.4 Å². The lowest BCUT2D eigenvalue weighted by atomic mass is 10.1. The number of hydrogen-bond donors (Lipinski definition) is 2. The molecule has 112 valence electrons. The lowest BCUT2D eigenvalue weighted by Crippen LogP contribution is -2.41. The first-order chi connectivity index (χ1) is 10.2. The number of H-pyrrole nitrogens is 1. The minimum atomic E-state index is 0.516. The van der Waals surface area contributed by atoms with Crippen LogP contribution in [0.25, 0.3) is 11.4 Å². The molecule has 2 aromatic rings. The van der Waals surface area contributed by atoms with E-state index in [4.69, 9.17) is 23.2 Å². The van der Waals surface area contributed by atoms with Crippen LogP contribution in [0.2, 0.25) is 10.0 Å². The van der Waals surface area contributed by atoms with Crippen molar-refractivity contribution in [1.29, 1.82) is 0 Å². The van der Waals surface area contributed by atoms with Gasteiger partial charge in [0.2, 0.25) is 5.95 Å². The number of rotatable bonds is 3. The van der Waals surface area contributed by atoms with Gasteiger partial charge >= 0.3 is 0 Å². The fourth-order valence-electron chi connectivity index (χ4n) is 2.54. The van der Waals surface area contributed by atoms with Gasteiger partial charge in [-0.25, -0.2) is 0 Å². The zero-order chi connectivity index (χ0) is 14.8. The predicted octanol–water partition coefficient (Wildman–Crippen LogP) is 2.97. The van der Waals surface area contributed by atoms with Crippen LogP contribution < -0.4 is 10.2 Å². The number of piperidine rings is 1. The van der Waals surface area contributed by atoms with Gasteiger partial charge in [0.1, 0.15) is 0 Å². The van der Waals surface area contributed by atoms with Gasteiger partial charge in [0.15, 0.2) is 5.82 Å². The Morgan fingerprint density at radius 1 is 1.24 bits per heavy atom. The topological polar surface area (TPSA) is 56.8 Å². The SMILES string of the molecule is CNC1CCN(c2n[nH]c(-c3ccc(Cl)c(Cl)c3)n2)CC1. The zero-order valence-electron chi connectivity index (χ0n) is 11.7. The summed E-state index contributed by atoms with van der Waals surface area (Å²) in [5, 5.41) is 11.7. The number of hydrogen-bond acceptors (Lipinski definition) is 4. The molecule has 1 aromatic carbocycles. The van der Waals surface area contributed by atoms with Gasteiger partial charge in [0, 0.05) is 24.7 Å². The minimum Gasteiger partial charge on any atom is -0.339 e. The molecule has 2 N–H and O–H groups in total. The molecule has 3 rings (SSSR count). The molecule has 2 heterocycles. The molecule has 0 unspecified atom stereocenters. The summed E-state index contributed by atoms with van der Waals surface area (Å²) in [5.74, 6) is 1.45. The summed E-state index contributed by atoms with van der Waals surface area (Å²) in [6.45, 7) is 1.92. The molecule has 1 aromatic heterocycles. The van der Waals surface area contributed by atoms with Crippen LogP contribution in [0, 0.1) is 0 Å². The second kappa shape index (κ2) is 6.22. The maximum atomic E-state index is 6.04. The average Bonchev–Trinajstić information content (AvgIpc) is 3.00. The number of halogens is 2. The molecule has 7 heteroatoms. The molecule has 1 saturated heterocycles. The highest BCUT2D eigenvalue weighted by Crippen LogP contribution is 2.27. The molecular weight excluding hydrogens is 309 g/mol. The highest BCUT2D eigenvalue weighted by molar-refractivity contribution is 6.42. The van der Waals surface area contributed by atoms with Crippen LogP contribution in [0.4, 0.5) is 5.95 Å². The number of benzene rings is 1. The second-order valence-corrected chi connectivity index (χ2v) is 5.98. The van der Waals surface area contributed by atoms with Crippen LogP contribution in [0.15, 0.2) is 18.2 Å². The number of nitrogens with zero attached hydrogens (tertiary/aromatic N) is 3. The third-order valence-electron chi connectivity index (χ3n) is 3.85. The molecule has 0 bridgehead atoms. The first-order valence-corrected chi connectivity index (χ1v) is 7.73. The molecule has 0 saturated carbocycles. The standard InChI is InChI=1S/C14H17Cl2N5/c1-17-10-4-6-21(7-5-10)14-18-13(19-20-14)9-2-3-11(15)12(16)8-9/h2-3,8,10,17H,4-7H2,1H3,(H,18,19,20). The van der Waals surface area contributed by atoms with Crippen molar-refractivity contribution in [2.45, 2.75) is 18.9 Å². The number of aromatic nitrogens is 3. The van der Waals surface area contributed by atoms with Crippen molar-refractivity contribution in [1.82, 2.24) is 20.5 Å². The van der Waals surface area contributed by atoms with Crippen molar-refractivity contribution in [3.05, 3.63) is 28.2 Å². The highest BCUT2D eigenvalue weighted by Gasteiger charge is 2.21. The van der Waals surface area contributed by atoms with E-state index in [1.165, 1.54) is 0 Å². The van der Waals surface area contributed by atoms with Gasteiger partial charge in [-0.2, -0.15) is 4.98 Å². The molecule has 1 aliphatic heterocycles. The van der Waals surface area contributed by atoms with Crippen LogP contribution >= 0.6 is 23.2 Å². The number of aromatic amines is 1. The van der Waals surface area contributed by atoms with Crippen LogP contribution in [0.3, 0.4) is 0 Å². The van der Waals surface area contributed by atoms with Gasteiger partial charge in [-0.1, -0.05) is 23.2 Å². The quantitative estimate of drug-likeness (QED) is 0.910. The van der Waals surface area contributed by atoms with Crippen molar-refractivity contribution in [2.24, 2.45) is 0 Å². The maximum Gasteiger partial charge on any atom is 0.245 e. The average molecular weight is 326 g/mol. The van der Waals surface area contributed by atoms with E-state index in [0.717, 1.165) is 37.4 Å². The van der Waals surface area contributed by atoms with Gasteiger partial charge in [-0.3, -0.25) is 5.10 Å². The van der Waals surface area contributed by atoms with Gasteiger partial charge < -0.3 is 10.2 Å². The lowest BCUT2D eigenvalue weighted by molar-refractivity contribution is 0.439. The van der Waals surface area contributed by atoms with Crippen molar-refractivity contribution in [3.63, 3.8) is 0 Å². The third kappa shape index (κ3) is 3.15. The van der Waals surface area contributed by atoms with E-state index in [0.29, 0.717) is 21.9 Å². The summed E-state index contributed by atoms with van der Waals surface area (Å²) >= 11 is 12.0. The Morgan fingerprint density at radius 3 is 2.67 bits per heavy atom. The zero-order valence-corrected chi connectivity index (χ0v) is 13.2. The van der Waals surface area contributed by atoms with E-state index < -0.39 is 0 Å². The van der Waals surface area contributed by atoms with Crippen molar-refractivity contribution in [3.8, 4) is 11.4 Å². The van der Waals surface area contributed by atoms with Crippen molar-refractivity contribution < 1.29 is 0 Å². The number of nitrogens with one attached hydrogen (secondary N) is 2. The fraction of sp³-hybridized carbons (Fsp3) is 0.429. The van der Waals surface area contributed by atoms with E-state index in [1.807, 2.05) is 13.1 Å². The molecule has 0 aliphatic carbocycles. The van der Waals surface area contributed by atoms with Crippen molar-refractivity contribution in [2.75, 3.05) is 25.0 Å². The van der Waals surface area contributed by atoms with E-state index in [9.17, 15) is 0 Å². The van der Waals surface area contributed by atoms with E-state index in [1.54, 1.807) is 12.1 Å². The maximum absolute atomic E-state index is 6.04. The van der Waals surface area contributed by atoms with Crippen LogP contribution in [0.1, 0.15) is 12.8 Å².